The van der Waals surface area contributed by atoms with Gasteiger partial charge in [-0.2, -0.15) is 0 Å². The van der Waals surface area contributed by atoms with Crippen molar-refractivity contribution in [3.63, 3.8) is 0 Å². The summed E-state index contributed by atoms with van der Waals surface area (Å²) in [7, 11) is 0. The number of imidazole rings is 1. The molecule has 2 aromatic heterocycles. The van der Waals surface area contributed by atoms with Gasteiger partial charge in [-0.25, -0.2) is 9.97 Å². The van der Waals surface area contributed by atoms with Crippen LogP contribution in [0.4, 0.5) is 0 Å². The second kappa shape index (κ2) is 3.79. The minimum absolute atomic E-state index is 0.0738. The Morgan fingerprint density at radius 2 is 2.22 bits per heavy atom. The smallest absolute Gasteiger partial charge is 0.177 e. The van der Waals surface area contributed by atoms with Crippen molar-refractivity contribution in [2.45, 2.75) is 38.2 Å². The Labute approximate surface area is 105 Å². The first-order valence-corrected chi connectivity index (χ1v) is 6.78. The van der Waals surface area contributed by atoms with E-state index in [1.54, 1.807) is 6.33 Å². The molecular weight excluding hydrogens is 226 g/mol. The predicted molar refractivity (Wildman–Crippen MR) is 68.0 cm³/mol. The number of hydrogen-bond acceptors (Lipinski definition) is 3. The first kappa shape index (κ1) is 10.5. The highest BCUT2D eigenvalue weighted by atomic mass is 16.3. The normalized spacial score (nSPS) is 30.4. The molecule has 2 bridgehead atoms. The summed E-state index contributed by atoms with van der Waals surface area (Å²) >= 11 is 0. The van der Waals surface area contributed by atoms with Gasteiger partial charge in [0.1, 0.15) is 0 Å². The van der Waals surface area contributed by atoms with E-state index in [0.717, 1.165) is 22.9 Å². The van der Waals surface area contributed by atoms with Crippen LogP contribution in [0.3, 0.4) is 0 Å². The Hall–Kier alpha value is -1.42. The second-order valence-corrected chi connectivity index (χ2v) is 5.73. The lowest BCUT2D eigenvalue weighted by Gasteiger charge is -2.23. The van der Waals surface area contributed by atoms with Crippen LogP contribution in [0.25, 0.3) is 11.2 Å². The van der Waals surface area contributed by atoms with E-state index < -0.39 is 0 Å². The second-order valence-electron chi connectivity index (χ2n) is 5.73. The number of rotatable bonds is 2. The number of aliphatic hydroxyl groups excluding tert-OH is 1. The van der Waals surface area contributed by atoms with Gasteiger partial charge >= 0.3 is 0 Å². The van der Waals surface area contributed by atoms with Crippen molar-refractivity contribution in [2.24, 2.45) is 11.8 Å². The third-order valence-electron chi connectivity index (χ3n) is 4.89. The van der Waals surface area contributed by atoms with Crippen molar-refractivity contribution in [1.29, 1.82) is 0 Å². The number of aromatic amines is 1. The van der Waals surface area contributed by atoms with Gasteiger partial charge < -0.3 is 10.1 Å². The molecule has 0 aromatic carbocycles. The fraction of sp³-hybridized carbons (Fsp3) is 0.571. The highest BCUT2D eigenvalue weighted by molar-refractivity contribution is 5.75. The van der Waals surface area contributed by atoms with Crippen molar-refractivity contribution in [1.82, 2.24) is 15.0 Å². The number of nitrogens with one attached hydrogen (secondary N) is 1. The molecule has 2 saturated carbocycles. The molecular formula is C14H17N3O. The van der Waals surface area contributed by atoms with Crippen LogP contribution in [0, 0.1) is 11.8 Å². The van der Waals surface area contributed by atoms with E-state index in [4.69, 9.17) is 0 Å². The molecule has 2 aliphatic rings. The van der Waals surface area contributed by atoms with Gasteiger partial charge in [0.2, 0.25) is 0 Å². The van der Waals surface area contributed by atoms with Gasteiger partial charge in [-0.15, -0.1) is 0 Å². The lowest BCUT2D eigenvalue weighted by atomic mass is 9.82. The fourth-order valence-corrected chi connectivity index (χ4v) is 4.08. The Morgan fingerprint density at radius 3 is 2.94 bits per heavy atom. The molecule has 3 atom stereocenters. The van der Waals surface area contributed by atoms with Gasteiger partial charge in [-0.1, -0.05) is 6.42 Å². The molecule has 0 radical (unpaired) electrons. The summed E-state index contributed by atoms with van der Waals surface area (Å²) in [6.45, 7) is 0.0738. The van der Waals surface area contributed by atoms with Crippen LogP contribution in [-0.2, 0) is 6.61 Å². The average Bonchev–Trinajstić information content (AvgIpc) is 3.12. The number of nitrogens with zero attached hydrogens (tertiary/aromatic N) is 2. The van der Waals surface area contributed by atoms with Gasteiger partial charge in [-0.3, -0.25) is 0 Å². The maximum absolute atomic E-state index is 9.69. The summed E-state index contributed by atoms with van der Waals surface area (Å²) in [5.41, 5.74) is 3.89. The maximum Gasteiger partial charge on any atom is 0.177 e. The monoisotopic (exact) mass is 243 g/mol. The highest BCUT2D eigenvalue weighted by Crippen LogP contribution is 2.53. The Morgan fingerprint density at radius 1 is 1.28 bits per heavy atom. The zero-order valence-corrected chi connectivity index (χ0v) is 10.3. The summed E-state index contributed by atoms with van der Waals surface area (Å²) in [6.07, 6.45) is 8.99. The van der Waals surface area contributed by atoms with Crippen molar-refractivity contribution in [3.8, 4) is 0 Å². The molecule has 4 rings (SSSR count). The standard InChI is InChI=1S/C14H17N3O/c18-6-12-11(5-15-14-13(12)16-7-17-14)10-4-8-1-2-9(10)3-8/h5,7-10,18H,1-4,6H2,(H,15,16,17). The quantitative estimate of drug-likeness (QED) is 0.851. The minimum Gasteiger partial charge on any atom is -0.392 e. The first-order chi connectivity index (χ1) is 8.86. The van der Waals surface area contributed by atoms with E-state index >= 15 is 0 Å². The number of aromatic nitrogens is 3. The van der Waals surface area contributed by atoms with Crippen LogP contribution in [0.5, 0.6) is 0 Å². The number of hydrogen-bond donors (Lipinski definition) is 2. The zero-order chi connectivity index (χ0) is 12.1. The van der Waals surface area contributed by atoms with Gasteiger partial charge in [0.05, 0.1) is 18.5 Å². The van der Waals surface area contributed by atoms with Crippen LogP contribution < -0.4 is 0 Å². The molecule has 94 valence electrons. The van der Waals surface area contributed by atoms with Gasteiger partial charge in [-0.05, 0) is 42.6 Å². The molecule has 18 heavy (non-hydrogen) atoms. The molecule has 3 unspecified atom stereocenters. The van der Waals surface area contributed by atoms with Crippen molar-refractivity contribution in [3.05, 3.63) is 23.7 Å². The third kappa shape index (κ3) is 1.35. The number of H-pyrrole nitrogens is 1. The molecule has 2 N–H and O–H groups in total. The van der Waals surface area contributed by atoms with E-state index in [0.29, 0.717) is 11.6 Å². The fourth-order valence-electron chi connectivity index (χ4n) is 4.08. The molecule has 4 nitrogen and oxygen atoms in total. The largest absolute Gasteiger partial charge is 0.392 e. The number of pyridine rings is 1. The molecule has 2 heterocycles. The minimum atomic E-state index is 0.0738. The average molecular weight is 243 g/mol. The van der Waals surface area contributed by atoms with Crippen molar-refractivity contribution in [2.75, 3.05) is 0 Å². The molecule has 2 aliphatic carbocycles. The van der Waals surface area contributed by atoms with Crippen LogP contribution >= 0.6 is 0 Å². The summed E-state index contributed by atoms with van der Waals surface area (Å²) in [5.74, 6) is 2.32. The summed E-state index contributed by atoms with van der Waals surface area (Å²) < 4.78 is 0. The lowest BCUT2D eigenvalue weighted by molar-refractivity contribution is 0.279. The Balaban J connectivity index is 1.84. The summed E-state index contributed by atoms with van der Waals surface area (Å²) in [5, 5.41) is 9.69. The topological polar surface area (TPSA) is 61.8 Å². The van der Waals surface area contributed by atoms with E-state index in [1.807, 2.05) is 6.20 Å². The molecule has 2 aromatic rings. The predicted octanol–water partition coefficient (Wildman–Crippen LogP) is 2.35. The van der Waals surface area contributed by atoms with Crippen LogP contribution in [0.15, 0.2) is 12.5 Å². The van der Waals surface area contributed by atoms with Gasteiger partial charge in [0.25, 0.3) is 0 Å². The van der Waals surface area contributed by atoms with Crippen LogP contribution in [0.1, 0.15) is 42.7 Å². The van der Waals surface area contributed by atoms with Gasteiger partial charge in [0, 0.05) is 11.8 Å². The van der Waals surface area contributed by atoms with Gasteiger partial charge in [0.15, 0.2) is 5.65 Å². The van der Waals surface area contributed by atoms with Crippen LogP contribution in [-0.4, -0.2) is 20.1 Å². The number of fused-ring (bicyclic) bond motifs is 3. The molecule has 4 heteroatoms. The SMILES string of the molecule is OCc1c(C2CC3CCC2C3)cnc2nc[nH]c12. The molecule has 0 aliphatic heterocycles. The summed E-state index contributed by atoms with van der Waals surface area (Å²) in [6, 6.07) is 0. The molecule has 2 fully saturated rings. The first-order valence-electron chi connectivity index (χ1n) is 6.78. The van der Waals surface area contributed by atoms with E-state index in [2.05, 4.69) is 15.0 Å². The molecule has 0 saturated heterocycles. The molecule has 0 amide bonds. The Bertz CT molecular complexity index is 592. The van der Waals surface area contributed by atoms with E-state index in [1.165, 1.54) is 31.2 Å². The zero-order valence-electron chi connectivity index (χ0n) is 10.3. The number of aliphatic hydroxyl groups is 1. The maximum atomic E-state index is 9.69. The summed E-state index contributed by atoms with van der Waals surface area (Å²) in [4.78, 5) is 11.7. The van der Waals surface area contributed by atoms with E-state index in [9.17, 15) is 5.11 Å². The Kier molecular flexibility index (Phi) is 2.21. The lowest BCUT2D eigenvalue weighted by Crippen LogP contribution is -2.11. The van der Waals surface area contributed by atoms with Crippen molar-refractivity contribution < 1.29 is 5.11 Å². The third-order valence-corrected chi connectivity index (χ3v) is 4.89. The van der Waals surface area contributed by atoms with Crippen LogP contribution in [0.2, 0.25) is 0 Å². The van der Waals surface area contributed by atoms with E-state index in [-0.39, 0.29) is 6.61 Å². The highest BCUT2D eigenvalue weighted by Gasteiger charge is 2.41. The van der Waals surface area contributed by atoms with Crippen molar-refractivity contribution >= 4 is 11.2 Å². The molecule has 0 spiro atoms.